The summed E-state index contributed by atoms with van der Waals surface area (Å²) in [4.78, 5) is 0. The smallest absolute Gasteiger partial charge is 0.0853 e. The molecule has 0 amide bonds. The summed E-state index contributed by atoms with van der Waals surface area (Å²) in [6, 6.07) is 0. The molecule has 0 saturated carbocycles. The van der Waals surface area contributed by atoms with E-state index in [2.05, 4.69) is 38.9 Å². The minimum atomic E-state index is -0.984. The molecule has 0 aromatic heterocycles. The van der Waals surface area contributed by atoms with Crippen LogP contribution < -0.4 is 0 Å². The van der Waals surface area contributed by atoms with Gasteiger partial charge in [0.15, 0.2) is 0 Å². The molecule has 0 fully saturated rings. The standard InChI is InChI=1S/C8H18SSi/c1-6-7-8(9-2)10(3,4)5/h7H,6H2,1-5H3/b8-7+. The molecule has 2 heteroatoms. The van der Waals surface area contributed by atoms with Gasteiger partial charge in [0.2, 0.25) is 0 Å². The molecule has 0 heterocycles. The maximum absolute atomic E-state index is 2.39. The van der Waals surface area contributed by atoms with Crippen LogP contribution in [0.2, 0.25) is 19.6 Å². The lowest BCUT2D eigenvalue weighted by Gasteiger charge is -2.18. The highest BCUT2D eigenvalue weighted by atomic mass is 32.2. The van der Waals surface area contributed by atoms with Gasteiger partial charge in [0.1, 0.15) is 0 Å². The molecule has 0 saturated heterocycles. The highest BCUT2D eigenvalue weighted by molar-refractivity contribution is 8.04. The topological polar surface area (TPSA) is 0 Å². The fourth-order valence-corrected chi connectivity index (χ4v) is 4.48. The summed E-state index contributed by atoms with van der Waals surface area (Å²) in [5.74, 6) is 0. The van der Waals surface area contributed by atoms with Crippen LogP contribution in [0.3, 0.4) is 0 Å². The Morgan fingerprint density at radius 1 is 1.40 bits per heavy atom. The average Bonchev–Trinajstić information content (AvgIpc) is 1.80. The van der Waals surface area contributed by atoms with E-state index in [1.807, 2.05) is 11.8 Å². The zero-order chi connectivity index (χ0) is 8.20. The predicted octanol–water partition coefficient (Wildman–Crippen LogP) is 3.52. The predicted molar refractivity (Wildman–Crippen MR) is 55.2 cm³/mol. The van der Waals surface area contributed by atoms with E-state index in [4.69, 9.17) is 0 Å². The van der Waals surface area contributed by atoms with Crippen LogP contribution >= 0.6 is 11.8 Å². The maximum Gasteiger partial charge on any atom is 0.0853 e. The molecule has 0 rings (SSSR count). The zero-order valence-electron chi connectivity index (χ0n) is 7.69. The van der Waals surface area contributed by atoms with Gasteiger partial charge in [-0.05, 0) is 17.2 Å². The van der Waals surface area contributed by atoms with Crippen molar-refractivity contribution in [3.05, 3.63) is 10.6 Å². The number of thioether (sulfide) groups is 1. The van der Waals surface area contributed by atoms with Gasteiger partial charge in [0.25, 0.3) is 0 Å². The molecule has 60 valence electrons. The molecular formula is C8H18SSi. The van der Waals surface area contributed by atoms with Crippen molar-refractivity contribution in [2.75, 3.05) is 6.26 Å². The monoisotopic (exact) mass is 174 g/mol. The molecule has 0 spiro atoms. The van der Waals surface area contributed by atoms with Crippen LogP contribution in [-0.2, 0) is 0 Å². The SMILES string of the molecule is CC/C=C(\SC)[Si](C)(C)C. The first-order valence-corrected chi connectivity index (χ1v) is 8.49. The van der Waals surface area contributed by atoms with E-state index in [1.54, 1.807) is 4.53 Å². The van der Waals surface area contributed by atoms with E-state index in [9.17, 15) is 0 Å². The van der Waals surface area contributed by atoms with Gasteiger partial charge >= 0.3 is 0 Å². The molecule has 0 aliphatic rings. The number of rotatable bonds is 3. The van der Waals surface area contributed by atoms with Crippen LogP contribution in [0.25, 0.3) is 0 Å². The fraction of sp³-hybridized carbons (Fsp3) is 0.750. The second kappa shape index (κ2) is 4.24. The molecule has 0 aromatic carbocycles. The van der Waals surface area contributed by atoms with Crippen molar-refractivity contribution in [1.29, 1.82) is 0 Å². The van der Waals surface area contributed by atoms with Crippen LogP contribution in [0.15, 0.2) is 10.6 Å². The Morgan fingerprint density at radius 2 is 1.90 bits per heavy atom. The number of hydrogen-bond donors (Lipinski definition) is 0. The van der Waals surface area contributed by atoms with Gasteiger partial charge in [-0.1, -0.05) is 32.6 Å². The Morgan fingerprint density at radius 3 is 2.00 bits per heavy atom. The molecular weight excluding hydrogens is 156 g/mol. The molecule has 0 aliphatic carbocycles. The summed E-state index contributed by atoms with van der Waals surface area (Å²) in [6.45, 7) is 9.39. The lowest BCUT2D eigenvalue weighted by atomic mass is 10.5. The molecule has 10 heavy (non-hydrogen) atoms. The lowest BCUT2D eigenvalue weighted by Crippen LogP contribution is -2.21. The van der Waals surface area contributed by atoms with Gasteiger partial charge in [-0.15, -0.1) is 11.8 Å². The number of hydrogen-bond acceptors (Lipinski definition) is 1. The third-order valence-corrected chi connectivity index (χ3v) is 6.09. The molecule has 0 unspecified atom stereocenters. The van der Waals surface area contributed by atoms with Crippen molar-refractivity contribution >= 4 is 19.8 Å². The summed E-state index contributed by atoms with van der Waals surface area (Å²) >= 11 is 1.92. The Hall–Kier alpha value is 0.307. The summed E-state index contributed by atoms with van der Waals surface area (Å²) in [6.07, 6.45) is 5.73. The number of allylic oxidation sites excluding steroid dienone is 1. The van der Waals surface area contributed by atoms with Gasteiger partial charge in [-0.2, -0.15) is 0 Å². The van der Waals surface area contributed by atoms with E-state index in [0.29, 0.717) is 0 Å². The van der Waals surface area contributed by atoms with Crippen molar-refractivity contribution < 1.29 is 0 Å². The quantitative estimate of drug-likeness (QED) is 0.590. The lowest BCUT2D eigenvalue weighted by molar-refractivity contribution is 1.22. The molecule has 0 aliphatic heterocycles. The Kier molecular flexibility index (Phi) is 4.37. The van der Waals surface area contributed by atoms with Crippen LogP contribution in [0.1, 0.15) is 13.3 Å². The van der Waals surface area contributed by atoms with Crippen molar-refractivity contribution in [2.45, 2.75) is 33.0 Å². The third kappa shape index (κ3) is 3.47. The van der Waals surface area contributed by atoms with Gasteiger partial charge in [0, 0.05) is 0 Å². The minimum Gasteiger partial charge on any atom is -0.139 e. The summed E-state index contributed by atoms with van der Waals surface area (Å²) in [5.41, 5.74) is 0. The Labute approximate surface area is 70.1 Å². The van der Waals surface area contributed by atoms with Gasteiger partial charge in [-0.25, -0.2) is 0 Å². The Bertz CT molecular complexity index is 122. The van der Waals surface area contributed by atoms with E-state index >= 15 is 0 Å². The van der Waals surface area contributed by atoms with Crippen LogP contribution in [0.4, 0.5) is 0 Å². The first kappa shape index (κ1) is 10.3. The van der Waals surface area contributed by atoms with E-state index < -0.39 is 8.07 Å². The molecule has 0 N–H and O–H groups in total. The molecule has 0 aromatic rings. The maximum atomic E-state index is 2.39. The largest absolute Gasteiger partial charge is 0.139 e. The Balaban J connectivity index is 4.21. The minimum absolute atomic E-state index is 0.984. The molecule has 0 atom stereocenters. The van der Waals surface area contributed by atoms with Crippen LogP contribution in [0.5, 0.6) is 0 Å². The second-order valence-corrected chi connectivity index (χ2v) is 9.68. The van der Waals surface area contributed by atoms with Crippen molar-refractivity contribution in [1.82, 2.24) is 0 Å². The normalized spacial score (nSPS) is 13.9. The first-order valence-electron chi connectivity index (χ1n) is 3.77. The summed E-state index contributed by atoms with van der Waals surface area (Å²) < 4.78 is 1.63. The van der Waals surface area contributed by atoms with Gasteiger partial charge in [0.05, 0.1) is 8.07 Å². The van der Waals surface area contributed by atoms with E-state index in [-0.39, 0.29) is 0 Å². The van der Waals surface area contributed by atoms with Crippen LogP contribution in [0, 0.1) is 0 Å². The fourth-order valence-electron chi connectivity index (χ4n) is 0.881. The van der Waals surface area contributed by atoms with E-state index in [0.717, 1.165) is 0 Å². The van der Waals surface area contributed by atoms with Crippen LogP contribution in [-0.4, -0.2) is 14.3 Å². The van der Waals surface area contributed by atoms with Gasteiger partial charge in [-0.3, -0.25) is 0 Å². The van der Waals surface area contributed by atoms with Crippen molar-refractivity contribution in [2.24, 2.45) is 0 Å². The molecule has 0 bridgehead atoms. The third-order valence-electron chi connectivity index (χ3n) is 1.35. The second-order valence-electron chi connectivity index (χ2n) is 3.43. The highest BCUT2D eigenvalue weighted by Crippen LogP contribution is 2.24. The summed E-state index contributed by atoms with van der Waals surface area (Å²) in [7, 11) is -0.984. The highest BCUT2D eigenvalue weighted by Gasteiger charge is 2.17. The molecule has 0 radical (unpaired) electrons. The first-order chi connectivity index (χ1) is 4.52. The van der Waals surface area contributed by atoms with Gasteiger partial charge < -0.3 is 0 Å². The molecule has 0 nitrogen and oxygen atoms in total. The van der Waals surface area contributed by atoms with Crippen molar-refractivity contribution in [3.63, 3.8) is 0 Å². The van der Waals surface area contributed by atoms with E-state index in [1.165, 1.54) is 6.42 Å². The van der Waals surface area contributed by atoms with Crippen molar-refractivity contribution in [3.8, 4) is 0 Å². The summed E-state index contributed by atoms with van der Waals surface area (Å²) in [5, 5.41) is 0. The average molecular weight is 174 g/mol. The zero-order valence-corrected chi connectivity index (χ0v) is 9.51.